The van der Waals surface area contributed by atoms with E-state index in [1.165, 1.54) is 19.3 Å². The van der Waals surface area contributed by atoms with E-state index >= 15 is 0 Å². The van der Waals surface area contributed by atoms with Gasteiger partial charge in [-0.3, -0.25) is 0 Å². The molecule has 2 fully saturated rings. The van der Waals surface area contributed by atoms with Crippen molar-refractivity contribution in [2.45, 2.75) is 52.1 Å². The molecule has 1 N–H and O–H groups in total. The second kappa shape index (κ2) is 5.50. The van der Waals surface area contributed by atoms with Crippen molar-refractivity contribution < 1.29 is 9.84 Å². The highest BCUT2D eigenvalue weighted by Gasteiger charge is 2.33. The molecule has 2 rings (SSSR count). The fourth-order valence-corrected chi connectivity index (χ4v) is 3.32. The maximum atomic E-state index is 10.4. The first-order valence-electron chi connectivity index (χ1n) is 6.94. The lowest BCUT2D eigenvalue weighted by molar-refractivity contribution is -0.0473. The van der Waals surface area contributed by atoms with E-state index in [9.17, 15) is 5.11 Å². The summed E-state index contributed by atoms with van der Waals surface area (Å²) in [4.78, 5) is 0. The van der Waals surface area contributed by atoms with Crippen LogP contribution in [-0.2, 0) is 4.74 Å². The van der Waals surface area contributed by atoms with Crippen LogP contribution < -0.4 is 0 Å². The van der Waals surface area contributed by atoms with Gasteiger partial charge >= 0.3 is 0 Å². The number of aliphatic hydroxyl groups excluding tert-OH is 1. The number of ether oxygens (including phenoxy) is 1. The molecule has 5 unspecified atom stereocenters. The predicted octanol–water partition coefficient (Wildman–Crippen LogP) is 2.85. The van der Waals surface area contributed by atoms with Crippen molar-refractivity contribution >= 4 is 0 Å². The summed E-state index contributed by atoms with van der Waals surface area (Å²) in [6, 6.07) is 0. The summed E-state index contributed by atoms with van der Waals surface area (Å²) in [5.41, 5.74) is 0. The fraction of sp³-hybridized carbons (Fsp3) is 1.00. The first-order valence-corrected chi connectivity index (χ1v) is 6.94. The van der Waals surface area contributed by atoms with Crippen LogP contribution in [0.15, 0.2) is 0 Å². The average molecular weight is 226 g/mol. The molecular weight excluding hydrogens is 200 g/mol. The molecule has 5 atom stereocenters. The van der Waals surface area contributed by atoms with Crippen LogP contribution in [0.3, 0.4) is 0 Å². The molecule has 2 aliphatic rings. The van der Waals surface area contributed by atoms with Gasteiger partial charge in [-0.05, 0) is 43.4 Å². The molecule has 1 saturated carbocycles. The van der Waals surface area contributed by atoms with Crippen molar-refractivity contribution in [1.82, 2.24) is 0 Å². The maximum absolute atomic E-state index is 10.4. The molecule has 1 saturated heterocycles. The summed E-state index contributed by atoms with van der Waals surface area (Å²) >= 11 is 0. The predicted molar refractivity (Wildman–Crippen MR) is 65.2 cm³/mol. The molecule has 0 aromatic rings. The maximum Gasteiger partial charge on any atom is 0.0618 e. The van der Waals surface area contributed by atoms with E-state index < -0.39 is 0 Å². The Morgan fingerprint density at radius 1 is 1.06 bits per heavy atom. The Morgan fingerprint density at radius 2 is 1.88 bits per heavy atom. The Bertz CT molecular complexity index is 211. The Kier molecular flexibility index (Phi) is 4.26. The Morgan fingerprint density at radius 3 is 2.50 bits per heavy atom. The number of hydrogen-bond acceptors (Lipinski definition) is 2. The topological polar surface area (TPSA) is 29.5 Å². The molecule has 1 aliphatic heterocycles. The van der Waals surface area contributed by atoms with Gasteiger partial charge in [-0.1, -0.05) is 20.3 Å². The second-order valence-corrected chi connectivity index (χ2v) is 6.00. The minimum Gasteiger partial charge on any atom is -0.392 e. The number of rotatable bonds is 2. The zero-order valence-corrected chi connectivity index (χ0v) is 10.7. The van der Waals surface area contributed by atoms with Gasteiger partial charge in [0.1, 0.15) is 0 Å². The van der Waals surface area contributed by atoms with E-state index in [4.69, 9.17) is 4.74 Å². The van der Waals surface area contributed by atoms with Crippen LogP contribution in [0, 0.1) is 23.7 Å². The lowest BCUT2D eigenvalue weighted by Gasteiger charge is -2.38. The zero-order chi connectivity index (χ0) is 11.5. The molecular formula is C14H26O2. The summed E-state index contributed by atoms with van der Waals surface area (Å²) in [5.74, 6) is 2.54. The normalized spacial score (nSPS) is 42.9. The highest BCUT2D eigenvalue weighted by Crippen LogP contribution is 2.37. The third kappa shape index (κ3) is 2.78. The lowest BCUT2D eigenvalue weighted by Crippen LogP contribution is -2.38. The van der Waals surface area contributed by atoms with Crippen molar-refractivity contribution in [3.63, 3.8) is 0 Å². The van der Waals surface area contributed by atoms with E-state index in [0.717, 1.165) is 37.9 Å². The standard InChI is InChI=1S/C14H26O2/c1-10-5-6-12(8-11(10)2)14(15)13-4-3-7-16-9-13/h10-15H,3-9H2,1-2H3. The van der Waals surface area contributed by atoms with Crippen molar-refractivity contribution in [1.29, 1.82) is 0 Å². The van der Waals surface area contributed by atoms with E-state index in [-0.39, 0.29) is 6.10 Å². The summed E-state index contributed by atoms with van der Waals surface area (Å²) in [5, 5.41) is 10.4. The molecule has 0 bridgehead atoms. The Hall–Kier alpha value is -0.0800. The second-order valence-electron chi connectivity index (χ2n) is 6.00. The molecule has 16 heavy (non-hydrogen) atoms. The third-order valence-electron chi connectivity index (χ3n) is 4.80. The first kappa shape index (κ1) is 12.4. The molecule has 2 nitrogen and oxygen atoms in total. The van der Waals surface area contributed by atoms with E-state index in [1.807, 2.05) is 0 Å². The SMILES string of the molecule is CC1CCC(C(O)C2CCCOC2)CC1C. The van der Waals surface area contributed by atoms with Gasteiger partial charge in [0, 0.05) is 12.5 Å². The first-order chi connectivity index (χ1) is 7.68. The van der Waals surface area contributed by atoms with Crippen molar-refractivity contribution in [3.05, 3.63) is 0 Å². The smallest absolute Gasteiger partial charge is 0.0618 e. The van der Waals surface area contributed by atoms with Crippen molar-refractivity contribution in [2.24, 2.45) is 23.7 Å². The third-order valence-corrected chi connectivity index (χ3v) is 4.80. The quantitative estimate of drug-likeness (QED) is 0.784. The number of aliphatic hydroxyl groups is 1. The van der Waals surface area contributed by atoms with E-state index in [2.05, 4.69) is 13.8 Å². The van der Waals surface area contributed by atoms with Gasteiger partial charge < -0.3 is 9.84 Å². The van der Waals surface area contributed by atoms with Gasteiger partial charge in [0.2, 0.25) is 0 Å². The van der Waals surface area contributed by atoms with Gasteiger partial charge in [-0.25, -0.2) is 0 Å². The molecule has 0 aromatic heterocycles. The van der Waals surface area contributed by atoms with Crippen molar-refractivity contribution in [2.75, 3.05) is 13.2 Å². The van der Waals surface area contributed by atoms with E-state index in [0.29, 0.717) is 11.8 Å². The van der Waals surface area contributed by atoms with Crippen LogP contribution in [0.2, 0.25) is 0 Å². The van der Waals surface area contributed by atoms with Crippen LogP contribution in [0.1, 0.15) is 46.0 Å². The summed E-state index contributed by atoms with van der Waals surface area (Å²) < 4.78 is 5.48. The molecule has 94 valence electrons. The summed E-state index contributed by atoms with van der Waals surface area (Å²) in [6.45, 7) is 6.35. The van der Waals surface area contributed by atoms with Gasteiger partial charge in [-0.15, -0.1) is 0 Å². The largest absolute Gasteiger partial charge is 0.392 e. The highest BCUT2D eigenvalue weighted by atomic mass is 16.5. The van der Waals surface area contributed by atoms with Crippen LogP contribution in [0.5, 0.6) is 0 Å². The average Bonchev–Trinajstić information content (AvgIpc) is 2.33. The highest BCUT2D eigenvalue weighted by molar-refractivity contribution is 4.84. The molecule has 0 aromatic carbocycles. The summed E-state index contributed by atoms with van der Waals surface area (Å²) in [6.07, 6.45) is 5.87. The summed E-state index contributed by atoms with van der Waals surface area (Å²) in [7, 11) is 0. The van der Waals surface area contributed by atoms with Gasteiger partial charge in [0.15, 0.2) is 0 Å². The Labute approximate surface area is 99.4 Å². The van der Waals surface area contributed by atoms with Gasteiger partial charge in [0.05, 0.1) is 12.7 Å². The molecule has 2 heteroatoms. The Balaban J connectivity index is 1.86. The van der Waals surface area contributed by atoms with Crippen LogP contribution in [0.4, 0.5) is 0 Å². The minimum absolute atomic E-state index is 0.116. The number of hydrogen-bond donors (Lipinski definition) is 1. The monoisotopic (exact) mass is 226 g/mol. The zero-order valence-electron chi connectivity index (χ0n) is 10.7. The molecule has 0 amide bonds. The molecule has 1 aliphatic carbocycles. The van der Waals surface area contributed by atoms with Gasteiger partial charge in [0.25, 0.3) is 0 Å². The molecule has 0 spiro atoms. The van der Waals surface area contributed by atoms with Crippen LogP contribution >= 0.6 is 0 Å². The van der Waals surface area contributed by atoms with Crippen LogP contribution in [0.25, 0.3) is 0 Å². The molecule has 0 radical (unpaired) electrons. The molecule has 1 heterocycles. The van der Waals surface area contributed by atoms with Crippen LogP contribution in [-0.4, -0.2) is 24.4 Å². The van der Waals surface area contributed by atoms with E-state index in [1.54, 1.807) is 0 Å². The van der Waals surface area contributed by atoms with Gasteiger partial charge in [-0.2, -0.15) is 0 Å². The minimum atomic E-state index is -0.116. The fourth-order valence-electron chi connectivity index (χ4n) is 3.32. The lowest BCUT2D eigenvalue weighted by atomic mass is 9.71. The van der Waals surface area contributed by atoms with Crippen molar-refractivity contribution in [3.8, 4) is 0 Å².